The van der Waals surface area contributed by atoms with E-state index in [2.05, 4.69) is 65.6 Å². The molecule has 0 aromatic rings. The minimum atomic E-state index is 0.665. The topological polar surface area (TPSA) is 6.48 Å². The van der Waals surface area contributed by atoms with Gasteiger partial charge in [-0.25, -0.2) is 0 Å². The minimum absolute atomic E-state index is 0.665. The van der Waals surface area contributed by atoms with E-state index in [1.54, 1.807) is 0 Å². The zero-order chi connectivity index (χ0) is 13.6. The maximum absolute atomic E-state index is 2.62. The van der Waals surface area contributed by atoms with Crippen molar-refractivity contribution in [1.82, 2.24) is 9.80 Å². The Morgan fingerprint density at radius 1 is 0.706 bits per heavy atom. The summed E-state index contributed by atoms with van der Waals surface area (Å²) in [6.45, 7) is 11.6. The quantitative estimate of drug-likeness (QED) is 0.643. The summed E-state index contributed by atoms with van der Waals surface area (Å²) in [5.74, 6) is 0.735. The summed E-state index contributed by atoms with van der Waals surface area (Å²) in [4.78, 5) is 5.01. The first-order chi connectivity index (χ1) is 7.90. The van der Waals surface area contributed by atoms with Crippen molar-refractivity contribution in [2.75, 3.05) is 21.1 Å². The average Bonchev–Trinajstić information content (AvgIpc) is 2.25. The van der Waals surface area contributed by atoms with Crippen molar-refractivity contribution in [3.63, 3.8) is 0 Å². The highest BCUT2D eigenvalue weighted by atomic mass is 15.2. The van der Waals surface area contributed by atoms with Gasteiger partial charge in [0.25, 0.3) is 0 Å². The molecular weight excluding hydrogens is 208 g/mol. The molecule has 3 unspecified atom stereocenters. The largest absolute Gasteiger partial charge is 0.305 e. The van der Waals surface area contributed by atoms with E-state index in [4.69, 9.17) is 0 Å². The Kier molecular flexibility index (Phi) is 8.06. The van der Waals surface area contributed by atoms with Gasteiger partial charge < -0.3 is 4.90 Å². The van der Waals surface area contributed by atoms with Gasteiger partial charge in [-0.3, -0.25) is 4.90 Å². The van der Waals surface area contributed by atoms with Crippen molar-refractivity contribution in [2.45, 2.75) is 72.0 Å². The summed E-state index contributed by atoms with van der Waals surface area (Å²) in [6.07, 6.45) is 3.70. The first kappa shape index (κ1) is 16.9. The van der Waals surface area contributed by atoms with Crippen LogP contribution in [-0.2, 0) is 0 Å². The van der Waals surface area contributed by atoms with E-state index >= 15 is 0 Å². The van der Waals surface area contributed by atoms with E-state index in [1.165, 1.54) is 19.3 Å². The molecule has 0 spiro atoms. The monoisotopic (exact) mass is 242 g/mol. The smallest absolute Gasteiger partial charge is 0.0248 e. The zero-order valence-electron chi connectivity index (χ0n) is 13.3. The first-order valence-corrected chi connectivity index (χ1v) is 7.28. The van der Waals surface area contributed by atoms with Gasteiger partial charge in [-0.15, -0.1) is 0 Å². The zero-order valence-corrected chi connectivity index (χ0v) is 13.3. The molecule has 0 N–H and O–H groups in total. The number of rotatable bonds is 8. The molecule has 0 aliphatic rings. The maximum atomic E-state index is 2.62. The fourth-order valence-electron chi connectivity index (χ4n) is 3.29. The Morgan fingerprint density at radius 2 is 1.12 bits per heavy atom. The van der Waals surface area contributed by atoms with Crippen molar-refractivity contribution in [2.24, 2.45) is 5.92 Å². The Morgan fingerprint density at radius 3 is 1.35 bits per heavy atom. The van der Waals surface area contributed by atoms with E-state index in [1.807, 2.05) is 0 Å². The third-order valence-electron chi connectivity index (χ3n) is 4.18. The van der Waals surface area contributed by atoms with Gasteiger partial charge in [0.15, 0.2) is 0 Å². The second-order valence-electron chi connectivity index (χ2n) is 5.80. The normalized spacial score (nSPS) is 17.8. The van der Waals surface area contributed by atoms with E-state index in [-0.39, 0.29) is 0 Å². The Hall–Kier alpha value is -0.0800. The van der Waals surface area contributed by atoms with E-state index in [9.17, 15) is 0 Å². The third-order valence-corrected chi connectivity index (χ3v) is 4.18. The lowest BCUT2D eigenvalue weighted by Crippen LogP contribution is -2.52. The molecule has 104 valence electrons. The van der Waals surface area contributed by atoms with Crippen LogP contribution in [0.3, 0.4) is 0 Å². The predicted molar refractivity (Wildman–Crippen MR) is 78.5 cm³/mol. The lowest BCUT2D eigenvalue weighted by molar-refractivity contribution is 0.0666. The number of hydrogen-bond donors (Lipinski definition) is 0. The van der Waals surface area contributed by atoms with Gasteiger partial charge in [-0.1, -0.05) is 34.6 Å². The molecule has 0 aliphatic heterocycles. The van der Waals surface area contributed by atoms with Crippen LogP contribution in [0.25, 0.3) is 0 Å². The molecule has 0 saturated carbocycles. The molecular formula is C15H34N2. The number of likely N-dealkylation sites (N-methyl/N-ethyl adjacent to an activating group) is 2. The molecule has 0 amide bonds. The van der Waals surface area contributed by atoms with Gasteiger partial charge in [0.1, 0.15) is 0 Å². The summed E-state index contributed by atoms with van der Waals surface area (Å²) in [5, 5.41) is 0. The summed E-state index contributed by atoms with van der Waals surface area (Å²) in [7, 11) is 6.73. The Bertz CT molecular complexity index is 189. The number of nitrogens with zero attached hydrogens (tertiary/aromatic N) is 2. The van der Waals surface area contributed by atoms with E-state index in [0.717, 1.165) is 5.92 Å². The molecule has 0 fully saturated rings. The van der Waals surface area contributed by atoms with Crippen LogP contribution in [-0.4, -0.2) is 49.1 Å². The number of hydrogen-bond acceptors (Lipinski definition) is 2. The van der Waals surface area contributed by atoms with Crippen LogP contribution in [0, 0.1) is 5.92 Å². The van der Waals surface area contributed by atoms with Crippen molar-refractivity contribution in [1.29, 1.82) is 0 Å². The van der Waals surface area contributed by atoms with Crippen molar-refractivity contribution in [3.05, 3.63) is 0 Å². The Balaban J connectivity index is 4.84. The van der Waals surface area contributed by atoms with Crippen molar-refractivity contribution < 1.29 is 0 Å². The Labute approximate surface area is 109 Å². The summed E-state index contributed by atoms with van der Waals surface area (Å²) in [5.41, 5.74) is 0. The molecule has 2 heteroatoms. The molecule has 2 nitrogen and oxygen atoms in total. The standard InChI is InChI=1S/C15H34N2/c1-9-13(12(4)5)17(8)15(11-3)14(10-2)16(6)7/h12-15H,9-11H2,1-8H3. The highest BCUT2D eigenvalue weighted by Crippen LogP contribution is 2.22. The highest BCUT2D eigenvalue weighted by molar-refractivity contribution is 4.85. The molecule has 0 saturated heterocycles. The summed E-state index contributed by atoms with van der Waals surface area (Å²) in [6, 6.07) is 2.04. The van der Waals surface area contributed by atoms with Crippen LogP contribution in [0.1, 0.15) is 53.9 Å². The third kappa shape index (κ3) is 4.59. The lowest BCUT2D eigenvalue weighted by Gasteiger charge is -2.42. The maximum Gasteiger partial charge on any atom is 0.0248 e. The van der Waals surface area contributed by atoms with Crippen LogP contribution in [0.15, 0.2) is 0 Å². The van der Waals surface area contributed by atoms with Gasteiger partial charge in [0.2, 0.25) is 0 Å². The van der Waals surface area contributed by atoms with Crippen molar-refractivity contribution in [3.8, 4) is 0 Å². The lowest BCUT2D eigenvalue weighted by atomic mass is 9.94. The SMILES string of the molecule is CCC(C(CC)N(C)C(CC)C(C)C)N(C)C. The van der Waals surface area contributed by atoms with Crippen LogP contribution >= 0.6 is 0 Å². The van der Waals surface area contributed by atoms with Crippen LogP contribution in [0.5, 0.6) is 0 Å². The molecule has 0 aromatic carbocycles. The van der Waals surface area contributed by atoms with Crippen LogP contribution < -0.4 is 0 Å². The van der Waals surface area contributed by atoms with Gasteiger partial charge in [-0.05, 0) is 46.3 Å². The molecule has 0 bridgehead atoms. The summed E-state index contributed by atoms with van der Waals surface area (Å²) < 4.78 is 0. The van der Waals surface area contributed by atoms with Crippen LogP contribution in [0.2, 0.25) is 0 Å². The first-order valence-electron chi connectivity index (χ1n) is 7.28. The predicted octanol–water partition coefficient (Wildman–Crippen LogP) is 3.47. The van der Waals surface area contributed by atoms with Gasteiger partial charge >= 0.3 is 0 Å². The highest BCUT2D eigenvalue weighted by Gasteiger charge is 2.29. The minimum Gasteiger partial charge on any atom is -0.305 e. The van der Waals surface area contributed by atoms with E-state index in [0.29, 0.717) is 18.1 Å². The van der Waals surface area contributed by atoms with E-state index < -0.39 is 0 Å². The van der Waals surface area contributed by atoms with Crippen LogP contribution in [0.4, 0.5) is 0 Å². The molecule has 0 heterocycles. The summed E-state index contributed by atoms with van der Waals surface area (Å²) >= 11 is 0. The molecule has 3 atom stereocenters. The molecule has 17 heavy (non-hydrogen) atoms. The average molecular weight is 242 g/mol. The molecule has 0 aliphatic carbocycles. The van der Waals surface area contributed by atoms with Crippen molar-refractivity contribution >= 4 is 0 Å². The fraction of sp³-hybridized carbons (Fsp3) is 1.00. The second kappa shape index (κ2) is 8.10. The second-order valence-corrected chi connectivity index (χ2v) is 5.80. The fourth-order valence-corrected chi connectivity index (χ4v) is 3.29. The van der Waals surface area contributed by atoms with Gasteiger partial charge in [0.05, 0.1) is 0 Å². The molecule has 0 radical (unpaired) electrons. The van der Waals surface area contributed by atoms with Gasteiger partial charge in [0, 0.05) is 18.1 Å². The molecule has 0 rings (SSSR count). The molecule has 0 aromatic heterocycles. The van der Waals surface area contributed by atoms with Gasteiger partial charge in [-0.2, -0.15) is 0 Å².